The van der Waals surface area contributed by atoms with Gasteiger partial charge in [0.05, 0.1) is 30.0 Å². The van der Waals surface area contributed by atoms with E-state index in [0.29, 0.717) is 12.5 Å². The third-order valence-corrected chi connectivity index (χ3v) is 3.18. The van der Waals surface area contributed by atoms with Crippen LogP contribution >= 0.6 is 0 Å². The standard InChI is InChI=1S/C15H30O3/c1-10-11(2)17-12(9-16-14(3,4)5)13(10)18-15(6,7)8/h10-13H,9H2,1-8H3/t10-,11+,12-,13?/m1/s1. The summed E-state index contributed by atoms with van der Waals surface area (Å²) in [6.45, 7) is 17.4. The van der Waals surface area contributed by atoms with Gasteiger partial charge < -0.3 is 14.2 Å². The lowest BCUT2D eigenvalue weighted by Gasteiger charge is -2.31. The maximum Gasteiger partial charge on any atom is 0.108 e. The van der Waals surface area contributed by atoms with Crippen molar-refractivity contribution < 1.29 is 14.2 Å². The first-order chi connectivity index (χ1) is 7.99. The summed E-state index contributed by atoms with van der Waals surface area (Å²) >= 11 is 0. The molecule has 0 spiro atoms. The molecule has 3 heteroatoms. The van der Waals surface area contributed by atoms with Crippen LogP contribution in [0.3, 0.4) is 0 Å². The smallest absolute Gasteiger partial charge is 0.108 e. The summed E-state index contributed by atoms with van der Waals surface area (Å²) < 4.78 is 18.0. The topological polar surface area (TPSA) is 27.7 Å². The third-order valence-electron chi connectivity index (χ3n) is 3.18. The van der Waals surface area contributed by atoms with Crippen LogP contribution in [0.2, 0.25) is 0 Å². The molecule has 0 saturated carbocycles. The molecular formula is C15H30O3. The Bertz CT molecular complexity index is 262. The monoisotopic (exact) mass is 258 g/mol. The number of hydrogen-bond acceptors (Lipinski definition) is 3. The molecule has 0 aliphatic carbocycles. The van der Waals surface area contributed by atoms with E-state index in [1.54, 1.807) is 0 Å². The Kier molecular flexibility index (Phi) is 4.85. The van der Waals surface area contributed by atoms with E-state index in [2.05, 4.69) is 55.4 Å². The minimum atomic E-state index is -0.146. The van der Waals surface area contributed by atoms with Crippen LogP contribution in [0.1, 0.15) is 55.4 Å². The number of ether oxygens (including phenoxy) is 3. The summed E-state index contributed by atoms with van der Waals surface area (Å²) in [6, 6.07) is 0. The highest BCUT2D eigenvalue weighted by Crippen LogP contribution is 2.32. The summed E-state index contributed by atoms with van der Waals surface area (Å²) in [4.78, 5) is 0. The largest absolute Gasteiger partial charge is 0.373 e. The van der Waals surface area contributed by atoms with Crippen molar-refractivity contribution >= 4 is 0 Å². The van der Waals surface area contributed by atoms with Gasteiger partial charge in [0.15, 0.2) is 0 Å². The van der Waals surface area contributed by atoms with Gasteiger partial charge in [-0.1, -0.05) is 6.92 Å². The van der Waals surface area contributed by atoms with Gasteiger partial charge in [-0.3, -0.25) is 0 Å². The van der Waals surface area contributed by atoms with Crippen LogP contribution in [0.25, 0.3) is 0 Å². The fraction of sp³-hybridized carbons (Fsp3) is 1.00. The SMILES string of the molecule is C[C@@H]1O[C@H](COC(C)(C)C)C(OC(C)(C)C)[C@@H]1C. The fourth-order valence-electron chi connectivity index (χ4n) is 2.14. The predicted molar refractivity (Wildman–Crippen MR) is 73.8 cm³/mol. The van der Waals surface area contributed by atoms with E-state index in [-0.39, 0.29) is 29.5 Å². The van der Waals surface area contributed by atoms with E-state index in [4.69, 9.17) is 14.2 Å². The molecule has 1 heterocycles. The first-order valence-corrected chi connectivity index (χ1v) is 6.97. The Balaban J connectivity index is 2.64. The van der Waals surface area contributed by atoms with Crippen LogP contribution < -0.4 is 0 Å². The molecule has 1 fully saturated rings. The molecule has 0 aromatic heterocycles. The van der Waals surface area contributed by atoms with Crippen LogP contribution in [0, 0.1) is 5.92 Å². The second-order valence-electron chi connectivity index (χ2n) is 7.36. The third kappa shape index (κ3) is 4.87. The maximum atomic E-state index is 6.15. The molecule has 0 amide bonds. The molecule has 4 atom stereocenters. The van der Waals surface area contributed by atoms with E-state index >= 15 is 0 Å². The first-order valence-electron chi connectivity index (χ1n) is 6.97. The van der Waals surface area contributed by atoms with Crippen molar-refractivity contribution in [3.8, 4) is 0 Å². The average molecular weight is 258 g/mol. The Morgan fingerprint density at radius 3 is 1.94 bits per heavy atom. The Hall–Kier alpha value is -0.120. The molecule has 1 saturated heterocycles. The van der Waals surface area contributed by atoms with Gasteiger partial charge in [-0.05, 0) is 48.5 Å². The van der Waals surface area contributed by atoms with Gasteiger partial charge in [-0.2, -0.15) is 0 Å². The molecule has 3 nitrogen and oxygen atoms in total. The van der Waals surface area contributed by atoms with Gasteiger partial charge >= 0.3 is 0 Å². The molecule has 1 unspecified atom stereocenters. The van der Waals surface area contributed by atoms with E-state index in [9.17, 15) is 0 Å². The highest BCUT2D eigenvalue weighted by Gasteiger charge is 2.42. The summed E-state index contributed by atoms with van der Waals surface area (Å²) in [5.41, 5.74) is -0.281. The zero-order valence-corrected chi connectivity index (χ0v) is 13.2. The highest BCUT2D eigenvalue weighted by atomic mass is 16.6. The normalized spacial score (nSPS) is 34.0. The molecule has 0 bridgehead atoms. The lowest BCUT2D eigenvalue weighted by atomic mass is 9.98. The van der Waals surface area contributed by atoms with Crippen molar-refractivity contribution in [3.63, 3.8) is 0 Å². The second-order valence-corrected chi connectivity index (χ2v) is 7.36. The van der Waals surface area contributed by atoms with Crippen molar-refractivity contribution in [3.05, 3.63) is 0 Å². The Labute approximate surface area is 112 Å². The second kappa shape index (κ2) is 5.48. The van der Waals surface area contributed by atoms with Crippen molar-refractivity contribution in [2.45, 2.75) is 84.9 Å². The van der Waals surface area contributed by atoms with Gasteiger partial charge in [-0.15, -0.1) is 0 Å². The molecule has 0 aromatic carbocycles. The van der Waals surface area contributed by atoms with Gasteiger partial charge in [0.25, 0.3) is 0 Å². The molecule has 0 N–H and O–H groups in total. The van der Waals surface area contributed by atoms with Gasteiger partial charge in [0.1, 0.15) is 6.10 Å². The minimum absolute atomic E-state index is 0.0356. The fourth-order valence-corrected chi connectivity index (χ4v) is 2.14. The maximum absolute atomic E-state index is 6.15. The Morgan fingerprint density at radius 2 is 1.50 bits per heavy atom. The molecule has 1 rings (SSSR count). The Morgan fingerprint density at radius 1 is 0.944 bits per heavy atom. The molecular weight excluding hydrogens is 228 g/mol. The van der Waals surface area contributed by atoms with Crippen LogP contribution in [-0.2, 0) is 14.2 Å². The zero-order chi connectivity index (χ0) is 14.1. The van der Waals surface area contributed by atoms with Crippen LogP contribution in [0.4, 0.5) is 0 Å². The molecule has 0 aromatic rings. The van der Waals surface area contributed by atoms with Gasteiger partial charge in [0, 0.05) is 5.92 Å². The summed E-state index contributed by atoms with van der Waals surface area (Å²) in [5, 5.41) is 0. The quantitative estimate of drug-likeness (QED) is 0.776. The summed E-state index contributed by atoms with van der Waals surface area (Å²) in [6.07, 6.45) is 0.377. The number of rotatable bonds is 3. The lowest BCUT2D eigenvalue weighted by molar-refractivity contribution is -0.130. The van der Waals surface area contributed by atoms with Crippen molar-refractivity contribution in [1.82, 2.24) is 0 Å². The number of hydrogen-bond donors (Lipinski definition) is 0. The molecule has 1 aliphatic rings. The van der Waals surface area contributed by atoms with Crippen molar-refractivity contribution in [1.29, 1.82) is 0 Å². The van der Waals surface area contributed by atoms with Gasteiger partial charge in [0.2, 0.25) is 0 Å². The average Bonchev–Trinajstić information content (AvgIpc) is 2.39. The first kappa shape index (κ1) is 15.9. The molecule has 1 aliphatic heterocycles. The molecule has 108 valence electrons. The van der Waals surface area contributed by atoms with E-state index in [1.165, 1.54) is 0 Å². The highest BCUT2D eigenvalue weighted by molar-refractivity contribution is 4.89. The van der Waals surface area contributed by atoms with E-state index in [1.807, 2.05) is 0 Å². The predicted octanol–water partition coefficient (Wildman–Crippen LogP) is 3.41. The zero-order valence-electron chi connectivity index (χ0n) is 13.2. The van der Waals surface area contributed by atoms with E-state index < -0.39 is 0 Å². The molecule has 18 heavy (non-hydrogen) atoms. The summed E-state index contributed by atoms with van der Waals surface area (Å²) in [5.74, 6) is 0.401. The molecule has 0 radical (unpaired) electrons. The van der Waals surface area contributed by atoms with Crippen molar-refractivity contribution in [2.24, 2.45) is 5.92 Å². The lowest BCUT2D eigenvalue weighted by Crippen LogP contribution is -2.40. The minimum Gasteiger partial charge on any atom is -0.373 e. The van der Waals surface area contributed by atoms with Crippen LogP contribution in [0.15, 0.2) is 0 Å². The van der Waals surface area contributed by atoms with E-state index in [0.717, 1.165) is 0 Å². The van der Waals surface area contributed by atoms with Crippen LogP contribution in [-0.4, -0.2) is 36.1 Å². The summed E-state index contributed by atoms with van der Waals surface area (Å²) in [7, 11) is 0. The van der Waals surface area contributed by atoms with Crippen LogP contribution in [0.5, 0.6) is 0 Å². The van der Waals surface area contributed by atoms with Gasteiger partial charge in [-0.25, -0.2) is 0 Å². The van der Waals surface area contributed by atoms with Crippen molar-refractivity contribution in [2.75, 3.05) is 6.61 Å².